The average Bonchev–Trinajstić information content (AvgIpc) is 2.64. The van der Waals surface area contributed by atoms with Crippen LogP contribution >= 0.6 is 0 Å². The van der Waals surface area contributed by atoms with Crippen molar-refractivity contribution >= 4 is 11.9 Å². The fourth-order valence-corrected chi connectivity index (χ4v) is 3.59. The van der Waals surface area contributed by atoms with Crippen LogP contribution in [-0.4, -0.2) is 24.1 Å². The Hall–Kier alpha value is -2.82. The molecule has 1 aliphatic rings. The molecule has 1 amide bonds. The van der Waals surface area contributed by atoms with Crippen molar-refractivity contribution in [1.82, 2.24) is 5.32 Å². The first-order chi connectivity index (χ1) is 12.9. The van der Waals surface area contributed by atoms with Crippen LogP contribution in [0.2, 0.25) is 0 Å². The molecule has 1 atom stereocenters. The fraction of sp³-hybridized carbons (Fsp3) is 0.364. The van der Waals surface area contributed by atoms with Crippen LogP contribution in [0.3, 0.4) is 0 Å². The molecule has 2 aromatic carbocycles. The zero-order valence-electron chi connectivity index (χ0n) is 15.7. The molecule has 5 heteroatoms. The molecular weight excluding hydrogens is 342 g/mol. The molecule has 1 saturated carbocycles. The molecular formula is C22H25NO4. The van der Waals surface area contributed by atoms with Crippen LogP contribution in [0.15, 0.2) is 48.5 Å². The minimum Gasteiger partial charge on any atom is -0.496 e. The summed E-state index contributed by atoms with van der Waals surface area (Å²) >= 11 is 0. The lowest BCUT2D eigenvalue weighted by atomic mass is 9.66. The third kappa shape index (κ3) is 3.97. The van der Waals surface area contributed by atoms with Crippen LogP contribution in [0.5, 0.6) is 5.75 Å². The molecule has 0 saturated heterocycles. The van der Waals surface area contributed by atoms with Gasteiger partial charge in [0.2, 0.25) is 5.91 Å². The van der Waals surface area contributed by atoms with Crippen molar-refractivity contribution in [2.24, 2.45) is 5.41 Å². The van der Waals surface area contributed by atoms with Crippen molar-refractivity contribution in [3.8, 4) is 16.9 Å². The lowest BCUT2D eigenvalue weighted by Crippen LogP contribution is -2.43. The number of rotatable bonds is 7. The zero-order valence-corrected chi connectivity index (χ0v) is 15.7. The third-order valence-corrected chi connectivity index (χ3v) is 5.47. The highest BCUT2D eigenvalue weighted by Gasteiger charge is 2.45. The van der Waals surface area contributed by atoms with Gasteiger partial charge in [-0.1, -0.05) is 48.9 Å². The molecule has 1 fully saturated rings. The molecule has 0 radical (unpaired) electrons. The molecule has 2 aromatic rings. The Labute approximate surface area is 159 Å². The molecule has 0 aromatic heterocycles. The van der Waals surface area contributed by atoms with E-state index in [2.05, 4.69) is 5.32 Å². The number of carboxylic acids is 1. The van der Waals surface area contributed by atoms with Crippen molar-refractivity contribution in [2.45, 2.75) is 38.6 Å². The summed E-state index contributed by atoms with van der Waals surface area (Å²) in [4.78, 5) is 23.7. The third-order valence-electron chi connectivity index (χ3n) is 5.47. The van der Waals surface area contributed by atoms with E-state index >= 15 is 0 Å². The highest BCUT2D eigenvalue weighted by molar-refractivity contribution is 5.85. The number of hydrogen-bond donors (Lipinski definition) is 2. The lowest BCUT2D eigenvalue weighted by molar-refractivity contribution is -0.157. The van der Waals surface area contributed by atoms with E-state index in [1.165, 1.54) is 0 Å². The van der Waals surface area contributed by atoms with Gasteiger partial charge in [-0.25, -0.2) is 0 Å². The SMILES string of the molecule is COc1ccccc1-c1ccc(C(C)NC(=O)CC2(C(=O)O)CCC2)cc1. The Balaban J connectivity index is 1.66. The van der Waals surface area contributed by atoms with Gasteiger partial charge in [0.15, 0.2) is 0 Å². The Morgan fingerprint density at radius 3 is 2.37 bits per heavy atom. The van der Waals surface area contributed by atoms with Crippen LogP contribution in [0.1, 0.15) is 44.2 Å². The van der Waals surface area contributed by atoms with Crippen LogP contribution < -0.4 is 10.1 Å². The Kier molecular flexibility index (Phi) is 5.49. The summed E-state index contributed by atoms with van der Waals surface area (Å²) < 4.78 is 5.41. The maximum absolute atomic E-state index is 12.3. The van der Waals surface area contributed by atoms with Gasteiger partial charge in [-0.15, -0.1) is 0 Å². The average molecular weight is 367 g/mol. The Bertz CT molecular complexity index is 824. The Morgan fingerprint density at radius 1 is 1.15 bits per heavy atom. The number of ether oxygens (including phenoxy) is 1. The van der Waals surface area contributed by atoms with E-state index in [-0.39, 0.29) is 18.4 Å². The Morgan fingerprint density at radius 2 is 1.81 bits per heavy atom. The lowest BCUT2D eigenvalue weighted by Gasteiger charge is -2.37. The summed E-state index contributed by atoms with van der Waals surface area (Å²) in [5.74, 6) is -0.262. The van der Waals surface area contributed by atoms with Crippen molar-refractivity contribution in [3.05, 3.63) is 54.1 Å². The largest absolute Gasteiger partial charge is 0.496 e. The van der Waals surface area contributed by atoms with Gasteiger partial charge in [0, 0.05) is 12.0 Å². The first kappa shape index (κ1) is 19.0. The molecule has 0 spiro atoms. The predicted octanol–water partition coefficient (Wildman–Crippen LogP) is 4.18. The summed E-state index contributed by atoms with van der Waals surface area (Å²) in [5.41, 5.74) is 2.16. The maximum atomic E-state index is 12.3. The smallest absolute Gasteiger partial charge is 0.310 e. The van der Waals surface area contributed by atoms with Gasteiger partial charge in [-0.2, -0.15) is 0 Å². The monoisotopic (exact) mass is 367 g/mol. The number of carbonyl (C=O) groups is 2. The van der Waals surface area contributed by atoms with Gasteiger partial charge >= 0.3 is 5.97 Å². The molecule has 142 valence electrons. The zero-order chi connectivity index (χ0) is 19.4. The standard InChI is InChI=1S/C22H25NO4/c1-15(23-20(24)14-22(21(25)26)12-5-13-22)16-8-10-17(11-9-16)18-6-3-4-7-19(18)27-2/h3-4,6-11,15H,5,12-14H2,1-2H3,(H,23,24)(H,25,26). The van der Waals surface area contributed by atoms with Crippen molar-refractivity contribution in [3.63, 3.8) is 0 Å². The normalized spacial score (nSPS) is 16.1. The quantitative estimate of drug-likeness (QED) is 0.770. The van der Waals surface area contributed by atoms with E-state index in [9.17, 15) is 14.7 Å². The number of methoxy groups -OCH3 is 1. The van der Waals surface area contributed by atoms with Crippen LogP contribution in [-0.2, 0) is 9.59 Å². The number of hydrogen-bond acceptors (Lipinski definition) is 3. The summed E-state index contributed by atoms with van der Waals surface area (Å²) in [5, 5.41) is 12.3. The van der Waals surface area contributed by atoms with Gasteiger partial charge in [0.05, 0.1) is 18.6 Å². The number of para-hydroxylation sites is 1. The van der Waals surface area contributed by atoms with Crippen molar-refractivity contribution in [1.29, 1.82) is 0 Å². The van der Waals surface area contributed by atoms with Crippen molar-refractivity contribution < 1.29 is 19.4 Å². The fourth-order valence-electron chi connectivity index (χ4n) is 3.59. The second-order valence-electron chi connectivity index (χ2n) is 7.23. The second kappa shape index (κ2) is 7.82. The predicted molar refractivity (Wildman–Crippen MR) is 104 cm³/mol. The van der Waals surface area contributed by atoms with E-state index < -0.39 is 11.4 Å². The number of carboxylic acid groups (broad SMARTS) is 1. The molecule has 2 N–H and O–H groups in total. The van der Waals surface area contributed by atoms with Crippen molar-refractivity contribution in [2.75, 3.05) is 7.11 Å². The summed E-state index contributed by atoms with van der Waals surface area (Å²) in [6.07, 6.45) is 2.08. The summed E-state index contributed by atoms with van der Waals surface area (Å²) in [7, 11) is 1.65. The molecule has 27 heavy (non-hydrogen) atoms. The number of amides is 1. The van der Waals surface area contributed by atoms with E-state index in [0.717, 1.165) is 28.9 Å². The molecule has 1 unspecified atom stereocenters. The van der Waals surface area contributed by atoms with Crippen LogP contribution in [0, 0.1) is 5.41 Å². The molecule has 3 rings (SSSR count). The van der Waals surface area contributed by atoms with Gasteiger partial charge < -0.3 is 15.2 Å². The van der Waals surface area contributed by atoms with Gasteiger partial charge in [0.1, 0.15) is 5.75 Å². The van der Waals surface area contributed by atoms with E-state index in [1.807, 2.05) is 55.5 Å². The first-order valence-electron chi connectivity index (χ1n) is 9.21. The summed E-state index contributed by atoms with van der Waals surface area (Å²) in [6, 6.07) is 15.6. The van der Waals surface area contributed by atoms with E-state index in [0.29, 0.717) is 12.8 Å². The highest BCUT2D eigenvalue weighted by Crippen LogP contribution is 2.44. The topological polar surface area (TPSA) is 75.6 Å². The minimum absolute atomic E-state index is 0.0476. The molecule has 1 aliphatic carbocycles. The van der Waals surface area contributed by atoms with E-state index in [4.69, 9.17) is 4.74 Å². The maximum Gasteiger partial charge on any atom is 0.310 e. The van der Waals surface area contributed by atoms with E-state index in [1.54, 1.807) is 7.11 Å². The molecule has 5 nitrogen and oxygen atoms in total. The van der Waals surface area contributed by atoms with Gasteiger partial charge in [0.25, 0.3) is 0 Å². The number of nitrogens with one attached hydrogen (secondary N) is 1. The minimum atomic E-state index is -0.864. The summed E-state index contributed by atoms with van der Waals surface area (Å²) in [6.45, 7) is 1.91. The highest BCUT2D eigenvalue weighted by atomic mass is 16.5. The number of aliphatic carboxylic acids is 1. The first-order valence-corrected chi connectivity index (χ1v) is 9.21. The number of benzene rings is 2. The van der Waals surface area contributed by atoms with Gasteiger partial charge in [-0.05, 0) is 37.0 Å². The van der Waals surface area contributed by atoms with Gasteiger partial charge in [-0.3, -0.25) is 9.59 Å². The number of carbonyl (C=O) groups excluding carboxylic acids is 1. The van der Waals surface area contributed by atoms with Crippen LogP contribution in [0.4, 0.5) is 0 Å². The van der Waals surface area contributed by atoms with Crippen LogP contribution in [0.25, 0.3) is 11.1 Å². The molecule has 0 bridgehead atoms. The molecule has 0 aliphatic heterocycles. The second-order valence-corrected chi connectivity index (χ2v) is 7.23. The molecule has 0 heterocycles.